The van der Waals surface area contributed by atoms with Gasteiger partial charge in [-0.2, -0.15) is 0 Å². The van der Waals surface area contributed by atoms with Crippen molar-refractivity contribution in [2.75, 3.05) is 0 Å². The van der Waals surface area contributed by atoms with E-state index < -0.39 is 5.60 Å². The predicted octanol–water partition coefficient (Wildman–Crippen LogP) is 1.43. The maximum absolute atomic E-state index is 11.4. The molecule has 0 amide bonds. The number of esters is 1. The summed E-state index contributed by atoms with van der Waals surface area (Å²) in [5.74, 6) is -0.145. The summed E-state index contributed by atoms with van der Waals surface area (Å²) in [4.78, 5) is 11.4. The predicted molar refractivity (Wildman–Crippen MR) is 54.0 cm³/mol. The standard InChI is InChI=1S/C10H18N2O2/c1-9(2,3)14-7(13)6-10(4-5-10)8(11)12/h4-6H2,1-3H3,(H3,11,12). The fourth-order valence-electron chi connectivity index (χ4n) is 1.35. The summed E-state index contributed by atoms with van der Waals surface area (Å²) in [6.45, 7) is 5.49. The fraction of sp³-hybridized carbons (Fsp3) is 0.800. The summed E-state index contributed by atoms with van der Waals surface area (Å²) >= 11 is 0. The molecule has 4 nitrogen and oxygen atoms in total. The van der Waals surface area contributed by atoms with Crippen molar-refractivity contribution >= 4 is 11.8 Å². The first-order chi connectivity index (χ1) is 6.25. The molecule has 3 N–H and O–H groups in total. The number of hydrogen-bond donors (Lipinski definition) is 2. The van der Waals surface area contributed by atoms with Gasteiger partial charge in [0, 0.05) is 5.41 Å². The van der Waals surface area contributed by atoms with Crippen LogP contribution >= 0.6 is 0 Å². The molecule has 14 heavy (non-hydrogen) atoms. The highest BCUT2D eigenvalue weighted by molar-refractivity contribution is 5.90. The first kappa shape index (κ1) is 11.0. The molecule has 0 atom stereocenters. The average Bonchev–Trinajstić information content (AvgIpc) is 2.63. The van der Waals surface area contributed by atoms with Gasteiger partial charge in [-0.05, 0) is 33.6 Å². The number of rotatable bonds is 3. The van der Waals surface area contributed by atoms with Crippen molar-refractivity contribution in [1.29, 1.82) is 5.41 Å². The zero-order chi connectivity index (χ0) is 11.0. The third-order valence-corrected chi connectivity index (χ3v) is 2.33. The van der Waals surface area contributed by atoms with Crippen molar-refractivity contribution in [2.24, 2.45) is 11.1 Å². The van der Waals surface area contributed by atoms with E-state index >= 15 is 0 Å². The Morgan fingerprint density at radius 1 is 1.50 bits per heavy atom. The smallest absolute Gasteiger partial charge is 0.307 e. The number of carbonyl (C=O) groups is 1. The van der Waals surface area contributed by atoms with E-state index in [0.717, 1.165) is 12.8 Å². The minimum atomic E-state index is -0.454. The Hall–Kier alpha value is -1.06. The third-order valence-electron chi connectivity index (χ3n) is 2.33. The Kier molecular flexibility index (Phi) is 2.56. The van der Waals surface area contributed by atoms with Crippen molar-refractivity contribution in [3.8, 4) is 0 Å². The molecule has 1 saturated carbocycles. The molecule has 0 aromatic rings. The maximum Gasteiger partial charge on any atom is 0.307 e. The van der Waals surface area contributed by atoms with E-state index in [-0.39, 0.29) is 23.6 Å². The van der Waals surface area contributed by atoms with Gasteiger partial charge in [0.15, 0.2) is 0 Å². The lowest BCUT2D eigenvalue weighted by molar-refractivity contribution is -0.155. The van der Waals surface area contributed by atoms with E-state index in [1.807, 2.05) is 20.8 Å². The van der Waals surface area contributed by atoms with E-state index in [0.29, 0.717) is 0 Å². The van der Waals surface area contributed by atoms with Crippen molar-refractivity contribution in [3.63, 3.8) is 0 Å². The Balaban J connectivity index is 2.46. The Morgan fingerprint density at radius 3 is 2.29 bits per heavy atom. The molecule has 1 aliphatic carbocycles. The van der Waals surface area contributed by atoms with Gasteiger partial charge in [0.1, 0.15) is 5.60 Å². The molecule has 1 rings (SSSR count). The number of hydrogen-bond acceptors (Lipinski definition) is 3. The van der Waals surface area contributed by atoms with Crippen LogP contribution in [0.2, 0.25) is 0 Å². The summed E-state index contributed by atoms with van der Waals surface area (Å²) in [7, 11) is 0. The number of ether oxygens (including phenoxy) is 1. The summed E-state index contributed by atoms with van der Waals surface area (Å²) in [5, 5.41) is 7.35. The van der Waals surface area contributed by atoms with Crippen LogP contribution < -0.4 is 5.73 Å². The van der Waals surface area contributed by atoms with Gasteiger partial charge in [0.25, 0.3) is 0 Å². The Morgan fingerprint density at radius 2 is 2.00 bits per heavy atom. The quantitative estimate of drug-likeness (QED) is 0.409. The molecule has 0 aliphatic heterocycles. The van der Waals surface area contributed by atoms with Crippen molar-refractivity contribution < 1.29 is 9.53 Å². The third kappa shape index (κ3) is 2.72. The molecular weight excluding hydrogens is 180 g/mol. The SMILES string of the molecule is CC(C)(C)OC(=O)CC1(C(=N)N)CC1. The van der Waals surface area contributed by atoms with Crippen LogP contribution in [0.5, 0.6) is 0 Å². The van der Waals surface area contributed by atoms with E-state index in [9.17, 15) is 4.79 Å². The maximum atomic E-state index is 11.4. The van der Waals surface area contributed by atoms with E-state index in [4.69, 9.17) is 15.9 Å². The van der Waals surface area contributed by atoms with Crippen LogP contribution in [-0.2, 0) is 9.53 Å². The minimum absolute atomic E-state index is 0.114. The monoisotopic (exact) mass is 198 g/mol. The van der Waals surface area contributed by atoms with Crippen molar-refractivity contribution in [1.82, 2.24) is 0 Å². The van der Waals surface area contributed by atoms with Gasteiger partial charge in [-0.15, -0.1) is 0 Å². The molecular formula is C10H18N2O2. The number of nitrogens with two attached hydrogens (primary N) is 1. The fourth-order valence-corrected chi connectivity index (χ4v) is 1.35. The van der Waals surface area contributed by atoms with Gasteiger partial charge in [0.05, 0.1) is 12.3 Å². The van der Waals surface area contributed by atoms with Crippen molar-refractivity contribution in [3.05, 3.63) is 0 Å². The first-order valence-corrected chi connectivity index (χ1v) is 4.82. The summed E-state index contributed by atoms with van der Waals surface area (Å²) < 4.78 is 5.17. The van der Waals surface area contributed by atoms with E-state index in [1.165, 1.54) is 0 Å². The molecule has 0 aromatic heterocycles. The van der Waals surface area contributed by atoms with Crippen LogP contribution in [-0.4, -0.2) is 17.4 Å². The number of amidine groups is 1. The molecule has 0 radical (unpaired) electrons. The van der Waals surface area contributed by atoms with Crippen LogP contribution in [0.15, 0.2) is 0 Å². The zero-order valence-electron chi connectivity index (χ0n) is 9.02. The van der Waals surface area contributed by atoms with Gasteiger partial charge in [-0.3, -0.25) is 10.2 Å². The normalized spacial score (nSPS) is 18.8. The minimum Gasteiger partial charge on any atom is -0.460 e. The van der Waals surface area contributed by atoms with Crippen LogP contribution in [0, 0.1) is 10.8 Å². The van der Waals surface area contributed by atoms with Gasteiger partial charge < -0.3 is 10.5 Å². The molecule has 4 heteroatoms. The largest absolute Gasteiger partial charge is 0.460 e. The van der Waals surface area contributed by atoms with Crippen LogP contribution in [0.1, 0.15) is 40.0 Å². The molecule has 0 aromatic carbocycles. The number of nitrogens with one attached hydrogen (secondary N) is 1. The lowest BCUT2D eigenvalue weighted by atomic mass is 10.0. The second kappa shape index (κ2) is 3.26. The van der Waals surface area contributed by atoms with Gasteiger partial charge in [-0.1, -0.05) is 0 Å². The lowest BCUT2D eigenvalue weighted by Gasteiger charge is -2.21. The second-order valence-electron chi connectivity index (χ2n) is 4.96. The topological polar surface area (TPSA) is 76.2 Å². The highest BCUT2D eigenvalue weighted by atomic mass is 16.6. The highest BCUT2D eigenvalue weighted by Crippen LogP contribution is 2.48. The molecule has 0 spiro atoms. The first-order valence-electron chi connectivity index (χ1n) is 4.82. The molecule has 0 heterocycles. The molecule has 0 saturated heterocycles. The Labute approximate surface area is 84.3 Å². The molecule has 1 fully saturated rings. The van der Waals surface area contributed by atoms with Crippen molar-refractivity contribution in [2.45, 2.75) is 45.6 Å². The van der Waals surface area contributed by atoms with Gasteiger partial charge in [-0.25, -0.2) is 0 Å². The molecule has 80 valence electrons. The average molecular weight is 198 g/mol. The summed E-state index contributed by atoms with van der Waals surface area (Å²) in [6, 6.07) is 0. The molecule has 1 aliphatic rings. The highest BCUT2D eigenvalue weighted by Gasteiger charge is 2.48. The molecule has 0 bridgehead atoms. The Bertz CT molecular complexity index is 262. The summed E-state index contributed by atoms with van der Waals surface area (Å²) in [5.41, 5.74) is 4.59. The van der Waals surface area contributed by atoms with Crippen LogP contribution in [0.3, 0.4) is 0 Å². The van der Waals surface area contributed by atoms with Crippen LogP contribution in [0.4, 0.5) is 0 Å². The van der Waals surface area contributed by atoms with Crippen LogP contribution in [0.25, 0.3) is 0 Å². The second-order valence-corrected chi connectivity index (χ2v) is 4.96. The summed E-state index contributed by atoms with van der Waals surface area (Å²) in [6.07, 6.45) is 1.92. The van der Waals surface area contributed by atoms with E-state index in [1.54, 1.807) is 0 Å². The lowest BCUT2D eigenvalue weighted by Crippen LogP contribution is -2.30. The number of carbonyl (C=O) groups excluding carboxylic acids is 1. The van der Waals surface area contributed by atoms with Gasteiger partial charge in [0.2, 0.25) is 0 Å². The zero-order valence-corrected chi connectivity index (χ0v) is 9.02. The van der Waals surface area contributed by atoms with E-state index in [2.05, 4.69) is 0 Å². The van der Waals surface area contributed by atoms with Gasteiger partial charge >= 0.3 is 5.97 Å². The molecule has 0 unspecified atom stereocenters.